The molecule has 0 aliphatic rings. The standard InChI is InChI=1S/C24H24N16O5/c1-10-17(31-34-22-13(23(44)45-5)8-28-38(22)4)19(25)39(35-10)15-6-16(43)30-24(29-15)40-20(26)18(11(2)36-40)32-33-21-12(14(42)9-41)7-27-37(21)3/h6-9H,25-26H2,1-5H3,(H,29,30,43)/b33-32+,34-31+. The molecule has 21 nitrogen and oxygen atoms in total. The van der Waals surface area contributed by atoms with Crippen LogP contribution in [0.1, 0.15) is 32.1 Å². The number of aromatic hydroxyl groups is 1. The van der Waals surface area contributed by atoms with Crippen LogP contribution in [-0.2, 0) is 23.6 Å². The number of hydrogen-bond donors (Lipinski definition) is 3. The molecule has 0 bridgehead atoms. The van der Waals surface area contributed by atoms with Gasteiger partial charge in [0.2, 0.25) is 11.7 Å². The predicted molar refractivity (Wildman–Crippen MR) is 153 cm³/mol. The number of rotatable bonds is 9. The lowest BCUT2D eigenvalue weighted by Crippen LogP contribution is -2.11. The number of nitrogens with zero attached hydrogens (tertiary/aromatic N) is 14. The predicted octanol–water partition coefficient (Wildman–Crippen LogP) is 1.80. The molecule has 0 aliphatic heterocycles. The molecule has 5 N–H and O–H groups in total. The van der Waals surface area contributed by atoms with Gasteiger partial charge in [-0.25, -0.2) is 14.2 Å². The summed E-state index contributed by atoms with van der Waals surface area (Å²) in [6.07, 6.45) is 2.64. The lowest BCUT2D eigenvalue weighted by atomic mass is 10.2. The van der Waals surface area contributed by atoms with Crippen LogP contribution in [0.3, 0.4) is 0 Å². The fourth-order valence-corrected chi connectivity index (χ4v) is 4.05. The minimum absolute atomic E-state index is 0.00181. The maximum atomic E-state index is 12.1. The van der Waals surface area contributed by atoms with Crippen LogP contribution in [-0.4, -0.2) is 79.3 Å². The summed E-state index contributed by atoms with van der Waals surface area (Å²) in [5.41, 5.74) is 13.6. The number of methoxy groups -OCH3 is 1. The number of aromatic nitrogens is 10. The summed E-state index contributed by atoms with van der Waals surface area (Å²) in [5, 5.41) is 43.5. The summed E-state index contributed by atoms with van der Waals surface area (Å²) in [4.78, 5) is 43.3. The smallest absolute Gasteiger partial charge is 0.343 e. The Morgan fingerprint density at radius 3 is 1.98 bits per heavy atom. The number of Topliss-reactive ketones (excluding diaryl/α,β-unsaturated/α-hetero) is 1. The van der Waals surface area contributed by atoms with E-state index in [2.05, 4.69) is 50.8 Å². The number of carbonyl (C=O) groups is 3. The zero-order valence-corrected chi connectivity index (χ0v) is 24.3. The van der Waals surface area contributed by atoms with Gasteiger partial charge >= 0.3 is 5.97 Å². The molecule has 230 valence electrons. The van der Waals surface area contributed by atoms with Crippen LogP contribution in [0.4, 0.5) is 34.6 Å². The number of carbonyl (C=O) groups excluding carboxylic acids is 3. The number of nitrogens with two attached hydrogens (primary N) is 2. The van der Waals surface area contributed by atoms with E-state index in [9.17, 15) is 19.5 Å². The van der Waals surface area contributed by atoms with Gasteiger partial charge in [-0.3, -0.25) is 9.59 Å². The third-order valence-electron chi connectivity index (χ3n) is 6.30. The van der Waals surface area contributed by atoms with Crippen molar-refractivity contribution in [3.8, 4) is 17.6 Å². The van der Waals surface area contributed by atoms with Crippen LogP contribution >= 0.6 is 0 Å². The Bertz CT molecular complexity index is 2050. The number of nitrogen functional groups attached to an aromatic ring is 2. The van der Waals surface area contributed by atoms with Gasteiger partial charge in [0.1, 0.15) is 5.56 Å². The second-order valence-corrected chi connectivity index (χ2v) is 9.23. The van der Waals surface area contributed by atoms with Gasteiger partial charge in [-0.2, -0.15) is 39.7 Å². The van der Waals surface area contributed by atoms with E-state index in [4.69, 9.17) is 16.2 Å². The molecule has 0 aliphatic carbocycles. The van der Waals surface area contributed by atoms with Crippen molar-refractivity contribution in [2.45, 2.75) is 13.8 Å². The molecule has 0 saturated heterocycles. The van der Waals surface area contributed by atoms with Crippen molar-refractivity contribution >= 4 is 52.7 Å². The van der Waals surface area contributed by atoms with Crippen LogP contribution in [0.15, 0.2) is 38.9 Å². The van der Waals surface area contributed by atoms with Crippen LogP contribution in [0.25, 0.3) is 11.8 Å². The molecular weight excluding hydrogens is 592 g/mol. The van der Waals surface area contributed by atoms with Crippen LogP contribution in [0.2, 0.25) is 0 Å². The number of hydrogen-bond acceptors (Lipinski definition) is 17. The Labute approximate surface area is 251 Å². The quantitative estimate of drug-likeness (QED) is 0.0701. The number of ketones is 1. The van der Waals surface area contributed by atoms with E-state index in [1.807, 2.05) is 0 Å². The Balaban J connectivity index is 1.50. The molecule has 0 unspecified atom stereocenters. The van der Waals surface area contributed by atoms with Gasteiger partial charge in [0.15, 0.2) is 46.8 Å². The molecule has 45 heavy (non-hydrogen) atoms. The van der Waals surface area contributed by atoms with Crippen molar-refractivity contribution in [1.29, 1.82) is 0 Å². The van der Waals surface area contributed by atoms with Gasteiger partial charge in [0.05, 0.1) is 36.5 Å². The number of anilines is 2. The van der Waals surface area contributed by atoms with Gasteiger partial charge in [0.25, 0.3) is 5.95 Å². The van der Waals surface area contributed by atoms with Gasteiger partial charge in [-0.05, 0) is 13.8 Å². The summed E-state index contributed by atoms with van der Waals surface area (Å²) in [7, 11) is 4.33. The monoisotopic (exact) mass is 616 g/mol. The minimum Gasteiger partial charge on any atom is -0.493 e. The first-order valence-electron chi connectivity index (χ1n) is 12.7. The normalized spacial score (nSPS) is 11.6. The number of azo groups is 2. The van der Waals surface area contributed by atoms with E-state index in [-0.39, 0.29) is 63.8 Å². The maximum absolute atomic E-state index is 12.1. The molecule has 0 saturated carbocycles. The average Bonchev–Trinajstić information content (AvgIpc) is 3.73. The van der Waals surface area contributed by atoms with E-state index < -0.39 is 17.6 Å². The Morgan fingerprint density at radius 2 is 1.40 bits per heavy atom. The van der Waals surface area contributed by atoms with Gasteiger partial charge < -0.3 is 21.3 Å². The lowest BCUT2D eigenvalue weighted by Gasteiger charge is -2.07. The van der Waals surface area contributed by atoms with E-state index in [1.54, 1.807) is 20.9 Å². The molecular formula is C24H24N16O5. The Morgan fingerprint density at radius 1 is 0.867 bits per heavy atom. The average molecular weight is 617 g/mol. The largest absolute Gasteiger partial charge is 0.493 e. The third kappa shape index (κ3) is 5.35. The molecule has 0 fully saturated rings. The van der Waals surface area contributed by atoms with E-state index >= 15 is 0 Å². The zero-order chi connectivity index (χ0) is 32.6. The van der Waals surface area contributed by atoms with Crippen LogP contribution in [0.5, 0.6) is 5.88 Å². The maximum Gasteiger partial charge on any atom is 0.343 e. The molecule has 21 heteroatoms. The van der Waals surface area contributed by atoms with Crippen molar-refractivity contribution in [2.75, 3.05) is 18.6 Å². The lowest BCUT2D eigenvalue weighted by molar-refractivity contribution is -0.104. The third-order valence-corrected chi connectivity index (χ3v) is 6.30. The van der Waals surface area contributed by atoms with Gasteiger partial charge in [-0.1, -0.05) is 0 Å². The molecule has 5 heterocycles. The molecule has 0 aromatic carbocycles. The van der Waals surface area contributed by atoms with Crippen molar-refractivity contribution in [2.24, 2.45) is 34.6 Å². The Kier molecular flexibility index (Phi) is 7.65. The summed E-state index contributed by atoms with van der Waals surface area (Å²) >= 11 is 0. The van der Waals surface area contributed by atoms with Crippen LogP contribution < -0.4 is 11.5 Å². The summed E-state index contributed by atoms with van der Waals surface area (Å²) in [6.45, 7) is 3.21. The van der Waals surface area contributed by atoms with Crippen molar-refractivity contribution in [3.05, 3.63) is 41.0 Å². The summed E-state index contributed by atoms with van der Waals surface area (Å²) < 4.78 is 9.66. The summed E-state index contributed by atoms with van der Waals surface area (Å²) in [5.74, 6) is -1.98. The number of esters is 1. The zero-order valence-electron chi connectivity index (χ0n) is 24.3. The summed E-state index contributed by atoms with van der Waals surface area (Å²) in [6, 6.07) is 1.20. The van der Waals surface area contributed by atoms with Crippen LogP contribution in [0, 0.1) is 13.8 Å². The topological polar surface area (TPSA) is 279 Å². The fourth-order valence-electron chi connectivity index (χ4n) is 4.05. The molecule has 5 aromatic rings. The van der Waals surface area contributed by atoms with Gasteiger partial charge in [0, 0.05) is 20.2 Å². The number of aryl methyl sites for hydroxylation is 4. The molecule has 0 radical (unpaired) electrons. The van der Waals surface area contributed by atoms with Crippen molar-refractivity contribution in [3.63, 3.8) is 0 Å². The Hall–Kier alpha value is -6.67. The first kappa shape index (κ1) is 29.8. The highest BCUT2D eigenvalue weighted by molar-refractivity contribution is 6.34. The van der Waals surface area contributed by atoms with Crippen molar-refractivity contribution in [1.82, 2.24) is 49.1 Å². The second-order valence-electron chi connectivity index (χ2n) is 9.23. The molecule has 0 amide bonds. The molecule has 5 rings (SSSR count). The second kappa shape index (κ2) is 11.5. The number of ether oxygens (including phenoxy) is 1. The first-order chi connectivity index (χ1) is 21.4. The molecule has 0 spiro atoms. The highest BCUT2D eigenvalue weighted by Gasteiger charge is 2.22. The minimum atomic E-state index is -0.821. The van der Waals surface area contributed by atoms with E-state index in [0.29, 0.717) is 11.4 Å². The highest BCUT2D eigenvalue weighted by atomic mass is 16.5. The molecule has 0 atom stereocenters. The fraction of sp³-hybridized carbons (Fsp3) is 0.208. The van der Waals surface area contributed by atoms with E-state index in [1.165, 1.54) is 46.7 Å². The van der Waals surface area contributed by atoms with E-state index in [0.717, 1.165) is 4.68 Å². The van der Waals surface area contributed by atoms with Gasteiger partial charge in [-0.15, -0.1) is 20.5 Å². The number of aldehydes is 1. The molecule has 5 aromatic heterocycles. The first-order valence-corrected chi connectivity index (χ1v) is 12.7. The van der Waals surface area contributed by atoms with Crippen molar-refractivity contribution < 1.29 is 24.2 Å². The highest BCUT2D eigenvalue weighted by Crippen LogP contribution is 2.33. The SMILES string of the molecule is COC(=O)c1cnn(C)c1/N=N/c1c(C)nn(-c2cc(O)nc(-n3nc(C)c(/N=N/c4c(C(=O)C=O)cnn4C)c3N)n2)c1N.